The lowest BCUT2D eigenvalue weighted by molar-refractivity contribution is 0.410. The standard InChI is InChI=1S/C12H17NO5S2/c1-10-9-11(3-4-12(10)18-2)20(16,17)13-5-7-19(14,15)8-6-13/h3-4,9H,5-8H2,1-2H3. The minimum atomic E-state index is -3.65. The minimum absolute atomic E-state index is 0.00967. The maximum atomic E-state index is 12.4. The zero-order chi connectivity index (χ0) is 15.0. The summed E-state index contributed by atoms with van der Waals surface area (Å²) in [5.41, 5.74) is 0.721. The van der Waals surface area contributed by atoms with E-state index in [0.29, 0.717) is 5.75 Å². The molecule has 0 spiro atoms. The van der Waals surface area contributed by atoms with Crippen molar-refractivity contribution in [2.75, 3.05) is 31.7 Å². The van der Waals surface area contributed by atoms with Crippen LogP contribution in [-0.4, -0.2) is 52.8 Å². The van der Waals surface area contributed by atoms with E-state index in [1.54, 1.807) is 13.0 Å². The largest absolute Gasteiger partial charge is 0.496 e. The molecule has 1 aromatic carbocycles. The van der Waals surface area contributed by atoms with Crippen LogP contribution in [0.5, 0.6) is 5.75 Å². The molecule has 0 atom stereocenters. The fourth-order valence-corrected chi connectivity index (χ4v) is 5.06. The zero-order valence-corrected chi connectivity index (χ0v) is 13.0. The Kier molecular flexibility index (Phi) is 4.08. The van der Waals surface area contributed by atoms with Gasteiger partial charge in [-0.05, 0) is 30.7 Å². The number of rotatable bonds is 3. The van der Waals surface area contributed by atoms with E-state index in [4.69, 9.17) is 4.74 Å². The van der Waals surface area contributed by atoms with Crippen LogP contribution in [0, 0.1) is 6.92 Å². The molecule has 1 aromatic rings. The lowest BCUT2D eigenvalue weighted by atomic mass is 10.2. The van der Waals surface area contributed by atoms with Gasteiger partial charge in [-0.15, -0.1) is 0 Å². The summed E-state index contributed by atoms with van der Waals surface area (Å²) in [4.78, 5) is 0.162. The van der Waals surface area contributed by atoms with Crippen molar-refractivity contribution in [1.82, 2.24) is 4.31 Å². The number of nitrogens with zero attached hydrogens (tertiary/aromatic N) is 1. The number of sulfone groups is 1. The van der Waals surface area contributed by atoms with Crippen LogP contribution in [-0.2, 0) is 19.9 Å². The monoisotopic (exact) mass is 319 g/mol. The summed E-state index contributed by atoms with van der Waals surface area (Å²) in [6, 6.07) is 4.62. The molecule has 6 nitrogen and oxygen atoms in total. The maximum Gasteiger partial charge on any atom is 0.243 e. The number of hydrogen-bond donors (Lipinski definition) is 0. The average Bonchev–Trinajstić information content (AvgIpc) is 2.38. The highest BCUT2D eigenvalue weighted by molar-refractivity contribution is 7.92. The van der Waals surface area contributed by atoms with Crippen molar-refractivity contribution < 1.29 is 21.6 Å². The molecule has 1 saturated heterocycles. The quantitative estimate of drug-likeness (QED) is 0.807. The van der Waals surface area contributed by atoms with Crippen molar-refractivity contribution in [3.63, 3.8) is 0 Å². The van der Waals surface area contributed by atoms with E-state index in [9.17, 15) is 16.8 Å². The molecule has 0 unspecified atom stereocenters. The molecule has 0 saturated carbocycles. The first-order chi connectivity index (χ1) is 9.26. The van der Waals surface area contributed by atoms with E-state index in [-0.39, 0.29) is 29.5 Å². The van der Waals surface area contributed by atoms with E-state index < -0.39 is 19.9 Å². The van der Waals surface area contributed by atoms with Crippen molar-refractivity contribution in [3.8, 4) is 5.75 Å². The van der Waals surface area contributed by atoms with Gasteiger partial charge in [0.25, 0.3) is 0 Å². The van der Waals surface area contributed by atoms with E-state index in [1.165, 1.54) is 23.5 Å². The van der Waals surface area contributed by atoms with Crippen LogP contribution in [0.1, 0.15) is 5.56 Å². The fourth-order valence-electron chi connectivity index (χ4n) is 2.10. The van der Waals surface area contributed by atoms with Gasteiger partial charge >= 0.3 is 0 Å². The van der Waals surface area contributed by atoms with Gasteiger partial charge in [0, 0.05) is 13.1 Å². The summed E-state index contributed by atoms with van der Waals surface area (Å²) in [5.74, 6) is 0.369. The molecule has 0 N–H and O–H groups in total. The van der Waals surface area contributed by atoms with E-state index in [2.05, 4.69) is 0 Å². The van der Waals surface area contributed by atoms with Gasteiger partial charge in [-0.2, -0.15) is 4.31 Å². The Balaban J connectivity index is 2.29. The second kappa shape index (κ2) is 5.34. The Labute approximate surface area is 119 Å². The summed E-state index contributed by atoms with van der Waals surface area (Å²) in [7, 11) is -5.23. The normalized spacial score (nSPS) is 19.7. The van der Waals surface area contributed by atoms with Gasteiger partial charge in [0.2, 0.25) is 10.0 Å². The van der Waals surface area contributed by atoms with Crippen LogP contribution >= 0.6 is 0 Å². The average molecular weight is 319 g/mol. The molecule has 1 aliphatic heterocycles. The van der Waals surface area contributed by atoms with Crippen LogP contribution in [0.4, 0.5) is 0 Å². The smallest absolute Gasteiger partial charge is 0.243 e. The van der Waals surface area contributed by atoms with Gasteiger partial charge in [-0.3, -0.25) is 0 Å². The predicted octanol–water partition coefficient (Wildman–Crippen LogP) is 0.423. The third kappa shape index (κ3) is 2.97. The second-order valence-electron chi connectivity index (χ2n) is 4.69. The molecule has 112 valence electrons. The highest BCUT2D eigenvalue weighted by Gasteiger charge is 2.31. The molecule has 1 fully saturated rings. The van der Waals surface area contributed by atoms with Crippen molar-refractivity contribution in [3.05, 3.63) is 23.8 Å². The molecule has 0 aromatic heterocycles. The molecule has 0 bridgehead atoms. The van der Waals surface area contributed by atoms with E-state index in [0.717, 1.165) is 5.56 Å². The highest BCUT2D eigenvalue weighted by Crippen LogP contribution is 2.24. The SMILES string of the molecule is COc1ccc(S(=O)(=O)N2CCS(=O)(=O)CC2)cc1C. The van der Waals surface area contributed by atoms with Crippen molar-refractivity contribution in [2.45, 2.75) is 11.8 Å². The molecule has 0 radical (unpaired) electrons. The Morgan fingerprint density at radius 3 is 2.30 bits per heavy atom. The van der Waals surface area contributed by atoms with Gasteiger partial charge in [-0.25, -0.2) is 16.8 Å². The van der Waals surface area contributed by atoms with Crippen molar-refractivity contribution >= 4 is 19.9 Å². The van der Waals surface area contributed by atoms with Gasteiger partial charge in [0.1, 0.15) is 5.75 Å². The molecule has 20 heavy (non-hydrogen) atoms. The number of ether oxygens (including phenoxy) is 1. The lowest BCUT2D eigenvalue weighted by Gasteiger charge is -2.26. The van der Waals surface area contributed by atoms with Gasteiger partial charge in [-0.1, -0.05) is 0 Å². The van der Waals surface area contributed by atoms with Crippen LogP contribution in [0.3, 0.4) is 0 Å². The van der Waals surface area contributed by atoms with Crippen molar-refractivity contribution in [2.24, 2.45) is 0 Å². The molecule has 8 heteroatoms. The molecular formula is C12H17NO5S2. The molecule has 2 rings (SSSR count). The fraction of sp³-hybridized carbons (Fsp3) is 0.500. The zero-order valence-electron chi connectivity index (χ0n) is 11.4. The van der Waals surface area contributed by atoms with Crippen molar-refractivity contribution in [1.29, 1.82) is 0 Å². The first-order valence-corrected chi connectivity index (χ1v) is 9.38. The molecule has 1 aliphatic rings. The molecular weight excluding hydrogens is 302 g/mol. The Bertz CT molecular complexity index is 695. The number of hydrogen-bond acceptors (Lipinski definition) is 5. The predicted molar refractivity (Wildman–Crippen MR) is 75.1 cm³/mol. The summed E-state index contributed by atoms with van der Waals surface area (Å²) in [6.45, 7) is 1.78. The summed E-state index contributed by atoms with van der Waals surface area (Å²) >= 11 is 0. The number of aryl methyl sites for hydroxylation is 1. The van der Waals surface area contributed by atoms with Crippen LogP contribution in [0.25, 0.3) is 0 Å². The topological polar surface area (TPSA) is 80.8 Å². The van der Waals surface area contributed by atoms with Crippen LogP contribution in [0.2, 0.25) is 0 Å². The molecule has 1 heterocycles. The summed E-state index contributed by atoms with van der Waals surface area (Å²) in [5, 5.41) is 0. The van der Waals surface area contributed by atoms with Gasteiger partial charge < -0.3 is 4.74 Å². The number of benzene rings is 1. The first kappa shape index (κ1) is 15.3. The number of methoxy groups -OCH3 is 1. The maximum absolute atomic E-state index is 12.4. The lowest BCUT2D eigenvalue weighted by Crippen LogP contribution is -2.43. The number of sulfonamides is 1. The van der Waals surface area contributed by atoms with Crippen LogP contribution < -0.4 is 4.74 Å². The third-order valence-electron chi connectivity index (χ3n) is 3.31. The summed E-state index contributed by atoms with van der Waals surface area (Å²) < 4.78 is 53.9. The van der Waals surface area contributed by atoms with E-state index >= 15 is 0 Å². The Morgan fingerprint density at radius 2 is 1.80 bits per heavy atom. The summed E-state index contributed by atoms with van der Waals surface area (Å²) in [6.07, 6.45) is 0. The van der Waals surface area contributed by atoms with Crippen LogP contribution in [0.15, 0.2) is 23.1 Å². The Hall–Kier alpha value is -1.12. The Morgan fingerprint density at radius 1 is 1.20 bits per heavy atom. The molecule has 0 aliphatic carbocycles. The third-order valence-corrected chi connectivity index (χ3v) is 6.81. The highest BCUT2D eigenvalue weighted by atomic mass is 32.2. The van der Waals surface area contributed by atoms with Gasteiger partial charge in [0.15, 0.2) is 9.84 Å². The second-order valence-corrected chi connectivity index (χ2v) is 8.93. The minimum Gasteiger partial charge on any atom is -0.496 e. The molecule has 0 amide bonds. The first-order valence-electron chi connectivity index (χ1n) is 6.11. The van der Waals surface area contributed by atoms with E-state index in [1.807, 2.05) is 0 Å². The van der Waals surface area contributed by atoms with Gasteiger partial charge in [0.05, 0.1) is 23.5 Å².